The van der Waals surface area contributed by atoms with Gasteiger partial charge in [0.1, 0.15) is 5.82 Å². The zero-order valence-electron chi connectivity index (χ0n) is 12.5. The van der Waals surface area contributed by atoms with Crippen LogP contribution in [0.3, 0.4) is 0 Å². The van der Waals surface area contributed by atoms with Gasteiger partial charge in [0.2, 0.25) is 5.95 Å². The molecule has 2 N–H and O–H groups in total. The van der Waals surface area contributed by atoms with Crippen LogP contribution in [0, 0.1) is 0 Å². The van der Waals surface area contributed by atoms with Gasteiger partial charge in [-0.05, 0) is 24.1 Å². The standard InChI is InChI=1S/C15H20N4O2/c1-9-6-11(8-19-14(9)17-15(16)18-19)10-4-5-12(20-2)13(7-10)21-3/h4-5,7,9,11H,6,8H2,1-3H3,(H2,16,18). The minimum absolute atomic E-state index is 0.335. The molecule has 2 atom stereocenters. The van der Waals surface area contributed by atoms with Gasteiger partial charge in [0.25, 0.3) is 0 Å². The first-order valence-electron chi connectivity index (χ1n) is 7.04. The van der Waals surface area contributed by atoms with Gasteiger partial charge in [-0.3, -0.25) is 0 Å². The van der Waals surface area contributed by atoms with Crippen molar-refractivity contribution in [3.63, 3.8) is 0 Å². The van der Waals surface area contributed by atoms with E-state index in [2.05, 4.69) is 23.1 Å². The average Bonchev–Trinajstić information content (AvgIpc) is 2.87. The average molecular weight is 288 g/mol. The van der Waals surface area contributed by atoms with E-state index in [1.807, 2.05) is 16.8 Å². The SMILES string of the molecule is COc1ccc(C2CC(C)c3nc(N)nn3C2)cc1OC. The van der Waals surface area contributed by atoms with Gasteiger partial charge in [-0.15, -0.1) is 5.10 Å². The number of ether oxygens (including phenoxy) is 2. The Hall–Kier alpha value is -2.24. The Kier molecular flexibility index (Phi) is 3.45. The lowest BCUT2D eigenvalue weighted by Crippen LogP contribution is -2.22. The summed E-state index contributed by atoms with van der Waals surface area (Å²) in [7, 11) is 3.30. The molecule has 2 unspecified atom stereocenters. The quantitative estimate of drug-likeness (QED) is 0.936. The monoisotopic (exact) mass is 288 g/mol. The number of nitrogen functional groups attached to an aromatic ring is 1. The maximum absolute atomic E-state index is 5.71. The van der Waals surface area contributed by atoms with Crippen LogP contribution in [0.2, 0.25) is 0 Å². The summed E-state index contributed by atoms with van der Waals surface area (Å²) in [6.07, 6.45) is 1.02. The number of fused-ring (bicyclic) bond motifs is 1. The molecule has 21 heavy (non-hydrogen) atoms. The molecule has 0 saturated carbocycles. The molecule has 1 aromatic heterocycles. The van der Waals surface area contributed by atoms with Gasteiger partial charge >= 0.3 is 0 Å². The van der Waals surface area contributed by atoms with Crippen molar-refractivity contribution in [3.05, 3.63) is 29.6 Å². The topological polar surface area (TPSA) is 75.2 Å². The van der Waals surface area contributed by atoms with Crippen molar-refractivity contribution in [1.82, 2.24) is 14.8 Å². The molecule has 112 valence electrons. The number of aromatic nitrogens is 3. The summed E-state index contributed by atoms with van der Waals surface area (Å²) in [5.41, 5.74) is 6.93. The first-order chi connectivity index (χ1) is 10.1. The van der Waals surface area contributed by atoms with Crippen molar-refractivity contribution in [2.24, 2.45) is 0 Å². The maximum atomic E-state index is 5.71. The Morgan fingerprint density at radius 2 is 2.00 bits per heavy atom. The van der Waals surface area contributed by atoms with E-state index in [9.17, 15) is 0 Å². The van der Waals surface area contributed by atoms with Crippen LogP contribution >= 0.6 is 0 Å². The first kappa shape index (κ1) is 13.7. The summed E-state index contributed by atoms with van der Waals surface area (Å²) in [5.74, 6) is 3.53. The Bertz CT molecular complexity index is 653. The number of nitrogens with zero attached hydrogens (tertiary/aromatic N) is 3. The number of rotatable bonds is 3. The second-order valence-electron chi connectivity index (χ2n) is 5.46. The fourth-order valence-corrected chi connectivity index (χ4v) is 3.04. The zero-order chi connectivity index (χ0) is 15.0. The molecule has 0 aliphatic carbocycles. The Labute approximate surface area is 123 Å². The predicted molar refractivity (Wildman–Crippen MR) is 79.8 cm³/mol. The molecule has 1 aliphatic rings. The molecule has 0 saturated heterocycles. The van der Waals surface area contributed by atoms with Gasteiger partial charge in [-0.25, -0.2) is 4.68 Å². The predicted octanol–water partition coefficient (Wildman–Crippen LogP) is 2.17. The lowest BCUT2D eigenvalue weighted by atomic mass is 9.86. The molecule has 6 heteroatoms. The summed E-state index contributed by atoms with van der Waals surface area (Å²) < 4.78 is 12.6. The highest BCUT2D eigenvalue weighted by atomic mass is 16.5. The summed E-state index contributed by atoms with van der Waals surface area (Å²) in [4.78, 5) is 4.31. The third kappa shape index (κ3) is 2.41. The number of anilines is 1. The van der Waals surface area contributed by atoms with E-state index in [4.69, 9.17) is 15.2 Å². The molecule has 0 spiro atoms. The van der Waals surface area contributed by atoms with E-state index >= 15 is 0 Å². The van der Waals surface area contributed by atoms with Crippen molar-refractivity contribution in [2.75, 3.05) is 20.0 Å². The van der Waals surface area contributed by atoms with Crippen molar-refractivity contribution >= 4 is 5.95 Å². The molecule has 0 bridgehead atoms. The molecular formula is C15H20N4O2. The summed E-state index contributed by atoms with van der Waals surface area (Å²) in [5, 5.41) is 4.28. The third-order valence-corrected chi connectivity index (χ3v) is 4.07. The molecule has 0 radical (unpaired) electrons. The third-order valence-electron chi connectivity index (χ3n) is 4.07. The van der Waals surface area contributed by atoms with Crippen molar-refractivity contribution in [3.8, 4) is 11.5 Å². The molecule has 2 heterocycles. The summed E-state index contributed by atoms with van der Waals surface area (Å²) in [6, 6.07) is 6.08. The zero-order valence-corrected chi connectivity index (χ0v) is 12.5. The minimum Gasteiger partial charge on any atom is -0.493 e. The Balaban J connectivity index is 1.92. The number of benzene rings is 1. The second kappa shape index (κ2) is 5.27. The lowest BCUT2D eigenvalue weighted by molar-refractivity contribution is 0.350. The van der Waals surface area contributed by atoms with Gasteiger partial charge in [0.05, 0.1) is 14.2 Å². The van der Waals surface area contributed by atoms with Crippen LogP contribution in [0.5, 0.6) is 11.5 Å². The van der Waals surface area contributed by atoms with Crippen LogP contribution in [-0.4, -0.2) is 29.0 Å². The van der Waals surface area contributed by atoms with E-state index in [0.29, 0.717) is 17.8 Å². The molecular weight excluding hydrogens is 268 g/mol. The highest BCUT2D eigenvalue weighted by Crippen LogP contribution is 2.38. The Morgan fingerprint density at radius 3 is 2.71 bits per heavy atom. The van der Waals surface area contributed by atoms with Crippen LogP contribution in [0.25, 0.3) is 0 Å². The summed E-state index contributed by atoms with van der Waals surface area (Å²) >= 11 is 0. The smallest absolute Gasteiger partial charge is 0.239 e. The minimum atomic E-state index is 0.335. The Morgan fingerprint density at radius 1 is 1.24 bits per heavy atom. The largest absolute Gasteiger partial charge is 0.493 e. The molecule has 0 fully saturated rings. The van der Waals surface area contributed by atoms with Gasteiger partial charge in [-0.1, -0.05) is 13.0 Å². The van der Waals surface area contributed by atoms with Gasteiger partial charge in [-0.2, -0.15) is 4.98 Å². The number of hydrogen-bond acceptors (Lipinski definition) is 5. The van der Waals surface area contributed by atoms with Crippen LogP contribution < -0.4 is 15.2 Å². The van der Waals surface area contributed by atoms with E-state index < -0.39 is 0 Å². The molecule has 1 aliphatic heterocycles. The molecule has 0 amide bonds. The van der Waals surface area contributed by atoms with Gasteiger partial charge < -0.3 is 15.2 Å². The van der Waals surface area contributed by atoms with Crippen molar-refractivity contribution in [1.29, 1.82) is 0 Å². The number of methoxy groups -OCH3 is 2. The maximum Gasteiger partial charge on any atom is 0.239 e. The van der Waals surface area contributed by atoms with E-state index in [1.165, 1.54) is 5.56 Å². The van der Waals surface area contributed by atoms with Crippen LogP contribution in [0.4, 0.5) is 5.95 Å². The van der Waals surface area contributed by atoms with E-state index in [1.54, 1.807) is 14.2 Å². The summed E-state index contributed by atoms with van der Waals surface area (Å²) in [6.45, 7) is 2.95. The molecule has 3 rings (SSSR count). The molecule has 6 nitrogen and oxygen atoms in total. The van der Waals surface area contributed by atoms with Crippen molar-refractivity contribution < 1.29 is 9.47 Å². The number of nitrogens with two attached hydrogens (primary N) is 1. The molecule has 1 aromatic carbocycles. The lowest BCUT2D eigenvalue weighted by Gasteiger charge is -2.27. The van der Waals surface area contributed by atoms with Crippen molar-refractivity contribution in [2.45, 2.75) is 31.7 Å². The fraction of sp³-hybridized carbons (Fsp3) is 0.467. The second-order valence-corrected chi connectivity index (χ2v) is 5.46. The fourth-order valence-electron chi connectivity index (χ4n) is 3.04. The van der Waals surface area contributed by atoms with Crippen LogP contribution in [0.15, 0.2) is 18.2 Å². The van der Waals surface area contributed by atoms with Crippen LogP contribution in [-0.2, 0) is 6.54 Å². The first-order valence-corrected chi connectivity index (χ1v) is 7.04. The van der Waals surface area contributed by atoms with E-state index in [0.717, 1.165) is 30.3 Å². The highest BCUT2D eigenvalue weighted by molar-refractivity contribution is 5.44. The number of hydrogen-bond donors (Lipinski definition) is 1. The van der Waals surface area contributed by atoms with E-state index in [-0.39, 0.29) is 0 Å². The normalized spacial score (nSPS) is 20.9. The molecule has 2 aromatic rings. The highest BCUT2D eigenvalue weighted by Gasteiger charge is 2.28. The van der Waals surface area contributed by atoms with Gasteiger partial charge in [0.15, 0.2) is 11.5 Å². The van der Waals surface area contributed by atoms with Gasteiger partial charge in [0, 0.05) is 18.4 Å². The van der Waals surface area contributed by atoms with Crippen LogP contribution in [0.1, 0.15) is 36.6 Å².